The molecule has 0 aliphatic rings. The molecular formula is C17H25N5O3S. The summed E-state index contributed by atoms with van der Waals surface area (Å²) in [5, 5.41) is 6.16. The summed E-state index contributed by atoms with van der Waals surface area (Å²) in [7, 11) is -2.04. The Morgan fingerprint density at radius 1 is 1.08 bits per heavy atom. The molecule has 3 N–H and O–H groups in total. The van der Waals surface area contributed by atoms with Crippen molar-refractivity contribution < 1.29 is 13.2 Å². The Morgan fingerprint density at radius 3 is 2.50 bits per heavy atom. The van der Waals surface area contributed by atoms with Crippen molar-refractivity contribution in [1.82, 2.24) is 14.7 Å². The van der Waals surface area contributed by atoms with Gasteiger partial charge in [-0.25, -0.2) is 18.1 Å². The molecule has 0 fully saturated rings. The molecule has 0 atom stereocenters. The van der Waals surface area contributed by atoms with E-state index in [2.05, 4.69) is 25.3 Å². The van der Waals surface area contributed by atoms with Gasteiger partial charge in [0.2, 0.25) is 16.0 Å². The summed E-state index contributed by atoms with van der Waals surface area (Å²) >= 11 is 0. The number of nitrogens with zero attached hydrogens (tertiary/aromatic N) is 2. The van der Waals surface area contributed by atoms with Crippen LogP contribution >= 0.6 is 0 Å². The molecule has 0 aliphatic carbocycles. The SMILES string of the molecule is CCNc1cc(C)nc(NCCNS(=O)(=O)c2ccc(OC)c(C)c2)n1. The van der Waals surface area contributed by atoms with Crippen LogP contribution in [0.2, 0.25) is 0 Å². The fourth-order valence-electron chi connectivity index (χ4n) is 2.38. The van der Waals surface area contributed by atoms with Gasteiger partial charge in [-0.1, -0.05) is 0 Å². The third-order valence-electron chi connectivity index (χ3n) is 3.59. The van der Waals surface area contributed by atoms with E-state index >= 15 is 0 Å². The summed E-state index contributed by atoms with van der Waals surface area (Å²) in [6.45, 7) is 7.00. The monoisotopic (exact) mass is 379 g/mol. The van der Waals surface area contributed by atoms with Crippen LogP contribution in [0.4, 0.5) is 11.8 Å². The lowest BCUT2D eigenvalue weighted by atomic mass is 10.2. The van der Waals surface area contributed by atoms with Crippen LogP contribution in [0.25, 0.3) is 0 Å². The topological polar surface area (TPSA) is 105 Å². The van der Waals surface area contributed by atoms with E-state index in [-0.39, 0.29) is 11.4 Å². The van der Waals surface area contributed by atoms with Gasteiger partial charge in [-0.05, 0) is 44.5 Å². The number of anilines is 2. The molecule has 0 saturated heterocycles. The molecular weight excluding hydrogens is 354 g/mol. The predicted octanol–water partition coefficient (Wildman–Crippen LogP) is 1.92. The third-order valence-corrected chi connectivity index (χ3v) is 5.05. The molecule has 0 bridgehead atoms. The first kappa shape index (κ1) is 19.9. The highest BCUT2D eigenvalue weighted by molar-refractivity contribution is 7.89. The molecule has 2 rings (SSSR count). The summed E-state index contributed by atoms with van der Waals surface area (Å²) in [6.07, 6.45) is 0. The molecule has 1 aromatic heterocycles. The maximum atomic E-state index is 12.4. The van der Waals surface area contributed by atoms with Crippen LogP contribution in [0.1, 0.15) is 18.2 Å². The van der Waals surface area contributed by atoms with Crippen LogP contribution in [-0.4, -0.2) is 45.1 Å². The van der Waals surface area contributed by atoms with E-state index in [0.29, 0.717) is 18.2 Å². The van der Waals surface area contributed by atoms with Gasteiger partial charge in [-0.15, -0.1) is 0 Å². The lowest BCUT2D eigenvalue weighted by Crippen LogP contribution is -2.29. The van der Waals surface area contributed by atoms with Crippen molar-refractivity contribution in [1.29, 1.82) is 0 Å². The van der Waals surface area contributed by atoms with E-state index in [9.17, 15) is 8.42 Å². The van der Waals surface area contributed by atoms with Gasteiger partial charge in [0.05, 0.1) is 12.0 Å². The molecule has 8 nitrogen and oxygen atoms in total. The first-order valence-electron chi connectivity index (χ1n) is 8.33. The summed E-state index contributed by atoms with van der Waals surface area (Å²) in [5.41, 5.74) is 1.59. The van der Waals surface area contributed by atoms with Crippen molar-refractivity contribution in [2.75, 3.05) is 37.4 Å². The Bertz CT molecular complexity index is 855. The Kier molecular flexibility index (Phi) is 6.76. The van der Waals surface area contributed by atoms with E-state index in [4.69, 9.17) is 4.74 Å². The molecule has 0 unspecified atom stereocenters. The number of nitrogens with one attached hydrogen (secondary N) is 3. The summed E-state index contributed by atoms with van der Waals surface area (Å²) in [6, 6.07) is 6.60. The number of aryl methyl sites for hydroxylation is 2. The highest BCUT2D eigenvalue weighted by atomic mass is 32.2. The van der Waals surface area contributed by atoms with E-state index < -0.39 is 10.0 Å². The second-order valence-corrected chi connectivity index (χ2v) is 7.47. The van der Waals surface area contributed by atoms with Gasteiger partial charge < -0.3 is 15.4 Å². The van der Waals surface area contributed by atoms with Crippen LogP contribution in [0, 0.1) is 13.8 Å². The highest BCUT2D eigenvalue weighted by Gasteiger charge is 2.14. The Morgan fingerprint density at radius 2 is 1.85 bits per heavy atom. The molecule has 2 aromatic rings. The van der Waals surface area contributed by atoms with E-state index in [0.717, 1.165) is 23.6 Å². The fraction of sp³-hybridized carbons (Fsp3) is 0.412. The second-order valence-electron chi connectivity index (χ2n) is 5.70. The Hall–Kier alpha value is -2.39. The quantitative estimate of drug-likeness (QED) is 0.572. The average Bonchev–Trinajstić information content (AvgIpc) is 2.58. The molecule has 0 spiro atoms. The second kappa shape index (κ2) is 8.81. The molecule has 1 heterocycles. The van der Waals surface area contributed by atoms with Crippen molar-refractivity contribution >= 4 is 21.8 Å². The maximum absolute atomic E-state index is 12.4. The summed E-state index contributed by atoms with van der Waals surface area (Å²) < 4.78 is 32.5. The molecule has 9 heteroatoms. The normalized spacial score (nSPS) is 11.2. The largest absolute Gasteiger partial charge is 0.496 e. The van der Waals surface area contributed by atoms with Crippen LogP contribution in [0.5, 0.6) is 5.75 Å². The van der Waals surface area contributed by atoms with Crippen LogP contribution in [0.3, 0.4) is 0 Å². The number of rotatable bonds is 9. The standard InChI is InChI=1S/C17H25N5O3S/c1-5-18-16-11-13(3)21-17(22-16)19-8-9-20-26(23,24)14-6-7-15(25-4)12(2)10-14/h6-7,10-11,20H,5,8-9H2,1-4H3,(H2,18,19,21,22). The molecule has 0 amide bonds. The summed E-state index contributed by atoms with van der Waals surface area (Å²) in [4.78, 5) is 8.81. The number of methoxy groups -OCH3 is 1. The number of hydrogen-bond donors (Lipinski definition) is 3. The molecule has 142 valence electrons. The lowest BCUT2D eigenvalue weighted by molar-refractivity contribution is 0.411. The summed E-state index contributed by atoms with van der Waals surface area (Å²) in [5.74, 6) is 1.84. The van der Waals surface area contributed by atoms with Gasteiger partial charge in [0.15, 0.2) is 0 Å². The van der Waals surface area contributed by atoms with Crippen molar-refractivity contribution in [2.24, 2.45) is 0 Å². The number of sulfonamides is 1. The number of aromatic nitrogens is 2. The minimum absolute atomic E-state index is 0.206. The van der Waals surface area contributed by atoms with Crippen LogP contribution < -0.4 is 20.1 Å². The zero-order chi connectivity index (χ0) is 19.2. The smallest absolute Gasteiger partial charge is 0.240 e. The van der Waals surface area contributed by atoms with Gasteiger partial charge >= 0.3 is 0 Å². The maximum Gasteiger partial charge on any atom is 0.240 e. The molecule has 0 radical (unpaired) electrons. The van der Waals surface area contributed by atoms with Gasteiger partial charge in [-0.3, -0.25) is 0 Å². The minimum atomic E-state index is -3.59. The Balaban J connectivity index is 1.94. The van der Waals surface area contributed by atoms with E-state index in [1.165, 1.54) is 6.07 Å². The van der Waals surface area contributed by atoms with E-state index in [1.54, 1.807) is 26.2 Å². The van der Waals surface area contributed by atoms with Crippen molar-refractivity contribution in [3.8, 4) is 5.75 Å². The predicted molar refractivity (Wildman–Crippen MR) is 102 cm³/mol. The highest BCUT2D eigenvalue weighted by Crippen LogP contribution is 2.21. The minimum Gasteiger partial charge on any atom is -0.496 e. The van der Waals surface area contributed by atoms with E-state index in [1.807, 2.05) is 19.9 Å². The molecule has 0 saturated carbocycles. The third kappa shape index (κ3) is 5.30. The first-order chi connectivity index (χ1) is 12.4. The molecule has 0 aliphatic heterocycles. The molecule has 26 heavy (non-hydrogen) atoms. The number of benzene rings is 1. The first-order valence-corrected chi connectivity index (χ1v) is 9.81. The lowest BCUT2D eigenvalue weighted by Gasteiger charge is -2.11. The van der Waals surface area contributed by atoms with Gasteiger partial charge in [0.25, 0.3) is 0 Å². The van der Waals surface area contributed by atoms with Crippen molar-refractivity contribution in [2.45, 2.75) is 25.7 Å². The van der Waals surface area contributed by atoms with Crippen LogP contribution in [-0.2, 0) is 10.0 Å². The van der Waals surface area contributed by atoms with Gasteiger partial charge in [0, 0.05) is 31.4 Å². The molecule has 1 aromatic carbocycles. The van der Waals surface area contributed by atoms with Gasteiger partial charge in [0.1, 0.15) is 11.6 Å². The zero-order valence-corrected chi connectivity index (χ0v) is 16.3. The Labute approximate surface area is 154 Å². The van der Waals surface area contributed by atoms with Crippen molar-refractivity contribution in [3.05, 3.63) is 35.5 Å². The fourth-order valence-corrected chi connectivity index (χ4v) is 3.50. The van der Waals surface area contributed by atoms with Gasteiger partial charge in [-0.2, -0.15) is 4.98 Å². The zero-order valence-electron chi connectivity index (χ0n) is 15.5. The van der Waals surface area contributed by atoms with Crippen LogP contribution in [0.15, 0.2) is 29.2 Å². The van der Waals surface area contributed by atoms with Crippen molar-refractivity contribution in [3.63, 3.8) is 0 Å². The number of hydrogen-bond acceptors (Lipinski definition) is 7. The number of ether oxygens (including phenoxy) is 1. The average molecular weight is 379 g/mol.